The number of aromatic nitrogens is 1. The normalized spacial score (nSPS) is 18.0. The van der Waals surface area contributed by atoms with Crippen molar-refractivity contribution in [3.63, 3.8) is 0 Å². The van der Waals surface area contributed by atoms with E-state index >= 15 is 0 Å². The summed E-state index contributed by atoms with van der Waals surface area (Å²) >= 11 is 0. The molecule has 0 unspecified atom stereocenters. The molecule has 17 heavy (non-hydrogen) atoms. The molecule has 4 heteroatoms. The molecule has 1 saturated heterocycles. The summed E-state index contributed by atoms with van der Waals surface area (Å²) in [5, 5.41) is 0. The lowest BCUT2D eigenvalue weighted by molar-refractivity contribution is -0.140. The summed E-state index contributed by atoms with van der Waals surface area (Å²) < 4.78 is 10.7. The highest BCUT2D eigenvalue weighted by Gasteiger charge is 2.45. The molecule has 1 aromatic heterocycles. The number of ether oxygens (including phenoxy) is 1. The van der Waals surface area contributed by atoms with E-state index in [9.17, 15) is 4.79 Å². The Balaban J connectivity index is 2.14. The lowest BCUT2D eigenvalue weighted by Gasteiger charge is -2.39. The number of benzene rings is 1. The van der Waals surface area contributed by atoms with Gasteiger partial charge < -0.3 is 9.15 Å². The number of hydrogen-bond donors (Lipinski definition) is 0. The Bertz CT molecular complexity index is 596. The zero-order valence-corrected chi connectivity index (χ0v) is 9.82. The summed E-state index contributed by atoms with van der Waals surface area (Å²) in [7, 11) is 0. The van der Waals surface area contributed by atoms with Gasteiger partial charge in [0.1, 0.15) is 16.7 Å². The van der Waals surface area contributed by atoms with Crippen molar-refractivity contribution in [3.8, 4) is 0 Å². The van der Waals surface area contributed by atoms with Gasteiger partial charge in [-0.2, -0.15) is 0 Å². The van der Waals surface area contributed by atoms with Gasteiger partial charge in [0.05, 0.1) is 13.2 Å². The second kappa shape index (κ2) is 3.40. The maximum absolute atomic E-state index is 11.8. The molecular weight excluding hydrogens is 218 g/mol. The van der Waals surface area contributed by atoms with E-state index in [2.05, 4.69) is 4.98 Å². The fraction of sp³-hybridized carbons (Fsp3) is 0.385. The number of carbonyl (C=O) groups excluding carboxylic acids is 1. The van der Waals surface area contributed by atoms with Gasteiger partial charge in [-0.1, -0.05) is 6.07 Å². The van der Waals surface area contributed by atoms with Crippen LogP contribution in [0.2, 0.25) is 0 Å². The van der Waals surface area contributed by atoms with E-state index in [1.54, 1.807) is 6.92 Å². The minimum absolute atomic E-state index is 0.138. The van der Waals surface area contributed by atoms with Crippen LogP contribution < -0.4 is 0 Å². The van der Waals surface area contributed by atoms with Crippen LogP contribution in [0.25, 0.3) is 11.1 Å². The van der Waals surface area contributed by atoms with Gasteiger partial charge in [-0.3, -0.25) is 4.79 Å². The van der Waals surface area contributed by atoms with Crippen molar-refractivity contribution in [2.45, 2.75) is 19.3 Å². The van der Waals surface area contributed by atoms with Crippen LogP contribution in [0.1, 0.15) is 18.4 Å². The highest BCUT2D eigenvalue weighted by molar-refractivity contribution is 5.90. The van der Waals surface area contributed by atoms with Crippen LogP contribution in [0.5, 0.6) is 0 Å². The smallest absolute Gasteiger partial charge is 0.192 e. The first-order valence-corrected chi connectivity index (χ1v) is 5.58. The lowest BCUT2D eigenvalue weighted by atomic mass is 9.75. The summed E-state index contributed by atoms with van der Waals surface area (Å²) in [6.45, 7) is 4.34. The van der Waals surface area contributed by atoms with Gasteiger partial charge in [0.2, 0.25) is 0 Å². The van der Waals surface area contributed by atoms with Gasteiger partial charge in [0, 0.05) is 6.92 Å². The molecule has 1 fully saturated rings. The molecule has 0 atom stereocenters. The molecule has 2 aromatic rings. The maximum atomic E-state index is 11.8. The largest absolute Gasteiger partial charge is 0.441 e. The Morgan fingerprint density at radius 2 is 2.18 bits per heavy atom. The first-order valence-electron chi connectivity index (χ1n) is 5.58. The second-order valence-corrected chi connectivity index (χ2v) is 4.55. The molecule has 2 heterocycles. The SMILES string of the molecule is CC(=O)C1(c2ccc3nc(C)oc3c2)COC1. The lowest BCUT2D eigenvalue weighted by Crippen LogP contribution is -2.52. The first kappa shape index (κ1) is 10.5. The van der Waals surface area contributed by atoms with E-state index in [0.29, 0.717) is 19.1 Å². The molecule has 0 amide bonds. The summed E-state index contributed by atoms with van der Waals surface area (Å²) in [6, 6.07) is 5.73. The van der Waals surface area contributed by atoms with Crippen molar-refractivity contribution in [1.82, 2.24) is 4.98 Å². The molecule has 0 spiro atoms. The van der Waals surface area contributed by atoms with Crippen molar-refractivity contribution < 1.29 is 13.9 Å². The molecule has 1 aliphatic rings. The number of nitrogens with zero attached hydrogens (tertiary/aromatic N) is 1. The average molecular weight is 231 g/mol. The minimum Gasteiger partial charge on any atom is -0.441 e. The number of hydrogen-bond acceptors (Lipinski definition) is 4. The van der Waals surface area contributed by atoms with Crippen LogP contribution in [0.15, 0.2) is 22.6 Å². The molecule has 0 bridgehead atoms. The van der Waals surface area contributed by atoms with Gasteiger partial charge in [-0.25, -0.2) is 4.98 Å². The third kappa shape index (κ3) is 1.41. The number of ketones is 1. The Labute approximate surface area is 98.6 Å². The molecule has 0 N–H and O–H groups in total. The predicted molar refractivity (Wildman–Crippen MR) is 61.9 cm³/mol. The van der Waals surface area contributed by atoms with Crippen LogP contribution in [-0.2, 0) is 14.9 Å². The molecule has 1 aliphatic heterocycles. The van der Waals surface area contributed by atoms with Crippen molar-refractivity contribution in [2.75, 3.05) is 13.2 Å². The van der Waals surface area contributed by atoms with Crippen molar-refractivity contribution in [1.29, 1.82) is 0 Å². The van der Waals surface area contributed by atoms with E-state index < -0.39 is 5.41 Å². The molecule has 3 rings (SSSR count). The highest BCUT2D eigenvalue weighted by Crippen LogP contribution is 2.35. The van der Waals surface area contributed by atoms with Crippen LogP contribution >= 0.6 is 0 Å². The van der Waals surface area contributed by atoms with E-state index in [0.717, 1.165) is 16.7 Å². The van der Waals surface area contributed by atoms with E-state index in [-0.39, 0.29) is 5.78 Å². The summed E-state index contributed by atoms with van der Waals surface area (Å²) in [6.07, 6.45) is 0. The molecular formula is C13H13NO3. The molecule has 88 valence electrons. The number of rotatable bonds is 2. The molecule has 1 aromatic carbocycles. The zero-order valence-electron chi connectivity index (χ0n) is 9.82. The Morgan fingerprint density at radius 1 is 1.41 bits per heavy atom. The highest BCUT2D eigenvalue weighted by atomic mass is 16.5. The number of carbonyl (C=O) groups is 1. The van der Waals surface area contributed by atoms with Gasteiger partial charge in [-0.05, 0) is 24.6 Å². The van der Waals surface area contributed by atoms with Crippen LogP contribution in [0.3, 0.4) is 0 Å². The van der Waals surface area contributed by atoms with Gasteiger partial charge >= 0.3 is 0 Å². The minimum atomic E-state index is -0.477. The molecule has 0 aliphatic carbocycles. The maximum Gasteiger partial charge on any atom is 0.192 e. The van der Waals surface area contributed by atoms with E-state index in [1.165, 1.54) is 0 Å². The predicted octanol–water partition coefficient (Wildman–Crippen LogP) is 1.99. The Morgan fingerprint density at radius 3 is 2.76 bits per heavy atom. The van der Waals surface area contributed by atoms with Gasteiger partial charge in [0.15, 0.2) is 11.5 Å². The monoisotopic (exact) mass is 231 g/mol. The first-order chi connectivity index (χ1) is 8.12. The second-order valence-electron chi connectivity index (χ2n) is 4.55. The quantitative estimate of drug-likeness (QED) is 0.793. The van der Waals surface area contributed by atoms with Crippen LogP contribution in [0, 0.1) is 6.92 Å². The third-order valence-corrected chi connectivity index (χ3v) is 3.42. The van der Waals surface area contributed by atoms with Crippen molar-refractivity contribution in [2.24, 2.45) is 0 Å². The fourth-order valence-corrected chi connectivity index (χ4v) is 2.22. The number of oxazole rings is 1. The number of fused-ring (bicyclic) bond motifs is 1. The average Bonchev–Trinajstić information content (AvgIpc) is 2.54. The van der Waals surface area contributed by atoms with Crippen molar-refractivity contribution >= 4 is 16.9 Å². The standard InChI is InChI=1S/C13H13NO3/c1-8(15)13(6-16-7-13)10-3-4-11-12(5-10)17-9(2)14-11/h3-5H,6-7H2,1-2H3. The van der Waals surface area contributed by atoms with E-state index in [1.807, 2.05) is 25.1 Å². The van der Waals surface area contributed by atoms with Gasteiger partial charge in [-0.15, -0.1) is 0 Å². The fourth-order valence-electron chi connectivity index (χ4n) is 2.22. The van der Waals surface area contributed by atoms with Crippen LogP contribution in [0.4, 0.5) is 0 Å². The third-order valence-electron chi connectivity index (χ3n) is 3.42. The number of aryl methyl sites for hydroxylation is 1. The Hall–Kier alpha value is -1.68. The van der Waals surface area contributed by atoms with Gasteiger partial charge in [0.25, 0.3) is 0 Å². The summed E-state index contributed by atoms with van der Waals surface area (Å²) in [5.41, 5.74) is 2.03. The Kier molecular flexibility index (Phi) is 2.10. The van der Waals surface area contributed by atoms with Crippen molar-refractivity contribution in [3.05, 3.63) is 29.7 Å². The topological polar surface area (TPSA) is 52.3 Å². The zero-order chi connectivity index (χ0) is 12.0. The molecule has 4 nitrogen and oxygen atoms in total. The summed E-state index contributed by atoms with van der Waals surface area (Å²) in [4.78, 5) is 16.0. The van der Waals surface area contributed by atoms with Crippen LogP contribution in [-0.4, -0.2) is 24.0 Å². The molecule has 0 radical (unpaired) electrons. The number of Topliss-reactive ketones (excluding diaryl/α,β-unsaturated/α-hetero) is 1. The van der Waals surface area contributed by atoms with E-state index in [4.69, 9.17) is 9.15 Å². The summed E-state index contributed by atoms with van der Waals surface area (Å²) in [5.74, 6) is 0.776. The molecule has 0 saturated carbocycles.